The van der Waals surface area contributed by atoms with Crippen LogP contribution in [-0.4, -0.2) is 39.7 Å². The molecule has 2 heterocycles. The first kappa shape index (κ1) is 13.0. The molecule has 0 radical (unpaired) electrons. The lowest BCUT2D eigenvalue weighted by Crippen LogP contribution is -2.22. The number of halogens is 2. The van der Waals surface area contributed by atoms with E-state index in [0.717, 1.165) is 4.47 Å². The summed E-state index contributed by atoms with van der Waals surface area (Å²) in [6, 6.07) is 3.35. The second-order valence-corrected chi connectivity index (χ2v) is 5.13. The van der Waals surface area contributed by atoms with E-state index in [0.29, 0.717) is 16.5 Å². The second-order valence-electron chi connectivity index (χ2n) is 3.80. The average Bonchev–Trinajstić information content (AvgIpc) is 2.77. The summed E-state index contributed by atoms with van der Waals surface area (Å²) in [5, 5.41) is 4.61. The molecule has 94 valence electrons. The van der Waals surface area contributed by atoms with Crippen LogP contribution in [0.2, 0.25) is 5.02 Å². The van der Waals surface area contributed by atoms with E-state index in [1.807, 2.05) is 0 Å². The highest BCUT2D eigenvalue weighted by Crippen LogP contribution is 2.21. The molecule has 0 aromatic carbocycles. The minimum absolute atomic E-state index is 0.165. The number of hydrogen-bond donors (Lipinski definition) is 0. The highest BCUT2D eigenvalue weighted by molar-refractivity contribution is 9.10. The molecule has 7 heteroatoms. The van der Waals surface area contributed by atoms with E-state index in [2.05, 4.69) is 26.0 Å². The van der Waals surface area contributed by atoms with Gasteiger partial charge in [0.1, 0.15) is 0 Å². The summed E-state index contributed by atoms with van der Waals surface area (Å²) in [6.45, 7) is 0. The summed E-state index contributed by atoms with van der Waals surface area (Å²) < 4.78 is 2.26. The first-order valence-electron chi connectivity index (χ1n) is 5.08. The highest BCUT2D eigenvalue weighted by Gasteiger charge is 2.13. The molecular weight excluding hydrogens is 320 g/mol. The Labute approximate surface area is 118 Å². The molecule has 0 unspecified atom stereocenters. The topological polar surface area (TPSA) is 51.0 Å². The monoisotopic (exact) mass is 328 g/mol. The van der Waals surface area contributed by atoms with Crippen LogP contribution < -0.4 is 0 Å². The Morgan fingerprint density at radius 3 is 2.83 bits per heavy atom. The lowest BCUT2D eigenvalue weighted by atomic mass is 10.4. The summed E-state index contributed by atoms with van der Waals surface area (Å²) >= 11 is 9.35. The van der Waals surface area contributed by atoms with E-state index in [4.69, 9.17) is 11.6 Å². The SMILES string of the molecule is CN(C)C(=O)c1ccn(-c2ncc(Br)cc2Cl)n1. The zero-order valence-corrected chi connectivity index (χ0v) is 12.1. The third-order valence-corrected chi connectivity index (χ3v) is 2.93. The zero-order valence-electron chi connectivity index (χ0n) is 9.76. The van der Waals surface area contributed by atoms with Crippen LogP contribution in [0.3, 0.4) is 0 Å². The Hall–Kier alpha value is -1.40. The molecule has 0 spiro atoms. The van der Waals surface area contributed by atoms with Gasteiger partial charge in [-0.3, -0.25) is 4.79 Å². The molecule has 0 aliphatic heterocycles. The van der Waals surface area contributed by atoms with Crippen molar-refractivity contribution < 1.29 is 4.79 Å². The number of nitrogens with zero attached hydrogens (tertiary/aromatic N) is 4. The van der Waals surface area contributed by atoms with Crippen LogP contribution in [0.5, 0.6) is 0 Å². The average molecular weight is 330 g/mol. The first-order valence-corrected chi connectivity index (χ1v) is 6.25. The third-order valence-electron chi connectivity index (χ3n) is 2.22. The summed E-state index contributed by atoms with van der Waals surface area (Å²) in [5.74, 6) is 0.319. The molecular formula is C11H10BrClN4O. The Morgan fingerprint density at radius 1 is 1.50 bits per heavy atom. The van der Waals surface area contributed by atoms with E-state index in [1.54, 1.807) is 38.6 Å². The summed E-state index contributed by atoms with van der Waals surface area (Å²) in [4.78, 5) is 17.3. The molecule has 5 nitrogen and oxygen atoms in total. The van der Waals surface area contributed by atoms with Crippen LogP contribution in [0.4, 0.5) is 0 Å². The first-order chi connectivity index (χ1) is 8.49. The lowest BCUT2D eigenvalue weighted by molar-refractivity contribution is 0.0821. The van der Waals surface area contributed by atoms with Gasteiger partial charge in [-0.05, 0) is 28.1 Å². The minimum atomic E-state index is -0.165. The van der Waals surface area contributed by atoms with Gasteiger partial charge in [0.25, 0.3) is 5.91 Å². The molecule has 2 aromatic rings. The molecule has 0 N–H and O–H groups in total. The van der Waals surface area contributed by atoms with Gasteiger partial charge in [-0.2, -0.15) is 5.10 Å². The predicted octanol–water partition coefficient (Wildman–Crippen LogP) is 2.39. The van der Waals surface area contributed by atoms with Gasteiger partial charge in [0.2, 0.25) is 0 Å². The number of pyridine rings is 1. The lowest BCUT2D eigenvalue weighted by Gasteiger charge is -2.07. The van der Waals surface area contributed by atoms with E-state index >= 15 is 0 Å². The maximum absolute atomic E-state index is 11.7. The number of hydrogen-bond acceptors (Lipinski definition) is 3. The van der Waals surface area contributed by atoms with Gasteiger partial charge in [-0.25, -0.2) is 9.67 Å². The van der Waals surface area contributed by atoms with Gasteiger partial charge in [0.15, 0.2) is 11.5 Å². The number of carbonyl (C=O) groups is 1. The Morgan fingerprint density at radius 2 is 2.22 bits per heavy atom. The standard InChI is InChI=1S/C11H10BrClN4O/c1-16(2)11(18)9-3-4-17(15-9)10-8(13)5-7(12)6-14-10/h3-6H,1-2H3. The third kappa shape index (κ3) is 2.54. The van der Waals surface area contributed by atoms with Gasteiger partial charge in [0, 0.05) is 31.0 Å². The van der Waals surface area contributed by atoms with Crippen molar-refractivity contribution in [2.24, 2.45) is 0 Å². The van der Waals surface area contributed by atoms with Crippen molar-refractivity contribution in [2.45, 2.75) is 0 Å². The van der Waals surface area contributed by atoms with Gasteiger partial charge in [-0.15, -0.1) is 0 Å². The quantitative estimate of drug-likeness (QED) is 0.850. The van der Waals surface area contributed by atoms with Crippen LogP contribution in [0, 0.1) is 0 Å². The molecule has 0 atom stereocenters. The van der Waals surface area contributed by atoms with Crippen molar-refractivity contribution in [3.8, 4) is 5.82 Å². The van der Waals surface area contributed by atoms with Crippen LogP contribution >= 0.6 is 27.5 Å². The molecule has 0 saturated heterocycles. The molecule has 0 saturated carbocycles. The maximum atomic E-state index is 11.7. The van der Waals surface area contributed by atoms with E-state index in [1.165, 1.54) is 9.58 Å². The molecule has 0 fully saturated rings. The van der Waals surface area contributed by atoms with Crippen molar-refractivity contribution in [1.29, 1.82) is 0 Å². The summed E-state index contributed by atoms with van der Waals surface area (Å²) in [7, 11) is 3.35. The van der Waals surface area contributed by atoms with Crippen LogP contribution in [0.25, 0.3) is 5.82 Å². The molecule has 0 aliphatic rings. The fourth-order valence-electron chi connectivity index (χ4n) is 1.36. The molecule has 2 rings (SSSR count). The highest BCUT2D eigenvalue weighted by atomic mass is 79.9. The smallest absolute Gasteiger partial charge is 0.273 e. The number of carbonyl (C=O) groups excluding carboxylic acids is 1. The fraction of sp³-hybridized carbons (Fsp3) is 0.182. The fourth-order valence-corrected chi connectivity index (χ4v) is 2.08. The zero-order chi connectivity index (χ0) is 13.3. The van der Waals surface area contributed by atoms with Crippen LogP contribution in [0.1, 0.15) is 10.5 Å². The van der Waals surface area contributed by atoms with Gasteiger partial charge >= 0.3 is 0 Å². The van der Waals surface area contributed by atoms with E-state index in [-0.39, 0.29) is 5.91 Å². The van der Waals surface area contributed by atoms with Crippen LogP contribution in [-0.2, 0) is 0 Å². The second kappa shape index (κ2) is 5.07. The van der Waals surface area contributed by atoms with Crippen molar-refractivity contribution in [2.75, 3.05) is 14.1 Å². The van der Waals surface area contributed by atoms with Crippen molar-refractivity contribution in [3.05, 3.63) is 39.7 Å². The number of rotatable bonds is 2. The Balaban J connectivity index is 2.38. The molecule has 18 heavy (non-hydrogen) atoms. The van der Waals surface area contributed by atoms with Crippen molar-refractivity contribution in [3.63, 3.8) is 0 Å². The Bertz CT molecular complexity index is 596. The van der Waals surface area contributed by atoms with E-state index < -0.39 is 0 Å². The van der Waals surface area contributed by atoms with Crippen molar-refractivity contribution in [1.82, 2.24) is 19.7 Å². The number of amides is 1. The summed E-state index contributed by atoms with van der Waals surface area (Å²) in [5.41, 5.74) is 0.348. The van der Waals surface area contributed by atoms with Crippen LogP contribution in [0.15, 0.2) is 29.0 Å². The van der Waals surface area contributed by atoms with Crippen molar-refractivity contribution >= 4 is 33.4 Å². The molecule has 1 amide bonds. The minimum Gasteiger partial charge on any atom is -0.343 e. The van der Waals surface area contributed by atoms with Gasteiger partial charge in [-0.1, -0.05) is 11.6 Å². The normalized spacial score (nSPS) is 10.4. The number of aromatic nitrogens is 3. The van der Waals surface area contributed by atoms with E-state index in [9.17, 15) is 4.79 Å². The Kier molecular flexibility index (Phi) is 3.68. The molecule has 0 bridgehead atoms. The predicted molar refractivity (Wildman–Crippen MR) is 72.1 cm³/mol. The summed E-state index contributed by atoms with van der Waals surface area (Å²) in [6.07, 6.45) is 3.27. The molecule has 0 aliphatic carbocycles. The van der Waals surface area contributed by atoms with Gasteiger partial charge < -0.3 is 4.90 Å². The van der Waals surface area contributed by atoms with Gasteiger partial charge in [0.05, 0.1) is 5.02 Å². The molecule has 2 aromatic heterocycles. The maximum Gasteiger partial charge on any atom is 0.273 e. The largest absolute Gasteiger partial charge is 0.343 e.